The molecule has 2 aromatic rings. The number of nitrogens with one attached hydrogen (secondary N) is 2. The minimum absolute atomic E-state index is 0.0795. The quantitative estimate of drug-likeness (QED) is 0.874. The molecule has 1 aliphatic heterocycles. The number of amides is 2. The molecule has 2 heterocycles. The largest absolute Gasteiger partial charge is 0.378 e. The molecule has 1 saturated heterocycles. The number of carbonyl (C=O) groups excluding carboxylic acids is 1. The van der Waals surface area contributed by atoms with Gasteiger partial charge in [0.25, 0.3) is 0 Å². The zero-order valence-corrected chi connectivity index (χ0v) is 14.7. The number of aromatic nitrogens is 1. The van der Waals surface area contributed by atoms with E-state index < -0.39 is 0 Å². The summed E-state index contributed by atoms with van der Waals surface area (Å²) in [5.41, 5.74) is 2.04. The molecule has 128 valence electrons. The third-order valence-corrected chi connectivity index (χ3v) is 4.98. The maximum Gasteiger partial charge on any atom is 0.321 e. The zero-order chi connectivity index (χ0) is 16.9. The minimum atomic E-state index is -0.213. The monoisotopic (exact) mass is 346 g/mol. The van der Waals surface area contributed by atoms with E-state index in [4.69, 9.17) is 4.74 Å². The van der Waals surface area contributed by atoms with E-state index in [-0.39, 0.29) is 18.1 Å². The van der Waals surface area contributed by atoms with E-state index >= 15 is 0 Å². The average Bonchev–Trinajstić information content (AvgIpc) is 3.15. The Hall–Kier alpha value is -1.96. The Kier molecular flexibility index (Phi) is 5.44. The molecule has 1 aromatic carbocycles. The summed E-state index contributed by atoms with van der Waals surface area (Å²) in [4.78, 5) is 18.9. The molecule has 1 aromatic heterocycles. The average molecular weight is 346 g/mol. The molecule has 2 atom stereocenters. The smallest absolute Gasteiger partial charge is 0.321 e. The Morgan fingerprint density at radius 2 is 2.21 bits per heavy atom. The van der Waals surface area contributed by atoms with E-state index in [9.17, 15) is 4.79 Å². The van der Waals surface area contributed by atoms with Gasteiger partial charge in [0.1, 0.15) is 0 Å². The predicted octanol–water partition coefficient (Wildman–Crippen LogP) is 2.86. The number of benzene rings is 1. The number of hydrogen-bond acceptors (Lipinski definition) is 5. The number of hydrogen-bond donors (Lipinski definition) is 2. The zero-order valence-electron chi connectivity index (χ0n) is 13.9. The number of likely N-dealkylation sites (tertiary alicyclic amines) is 1. The van der Waals surface area contributed by atoms with Gasteiger partial charge in [0.2, 0.25) is 0 Å². The van der Waals surface area contributed by atoms with Crippen LogP contribution in [0.1, 0.15) is 23.7 Å². The highest BCUT2D eigenvalue weighted by Crippen LogP contribution is 2.30. The lowest BCUT2D eigenvalue weighted by atomic mass is 10.0. The summed E-state index contributed by atoms with van der Waals surface area (Å²) in [5.74, 6) is 0. The third-order valence-electron chi connectivity index (χ3n) is 4.17. The Balaban J connectivity index is 1.62. The van der Waals surface area contributed by atoms with Crippen LogP contribution in [0.3, 0.4) is 0 Å². The number of carbonyl (C=O) groups is 1. The number of likely N-dealkylation sites (N-methyl/N-ethyl adjacent to an activating group) is 1. The number of ether oxygens (including phenoxy) is 1. The summed E-state index contributed by atoms with van der Waals surface area (Å²) < 4.78 is 5.04. The topological polar surface area (TPSA) is 66.5 Å². The van der Waals surface area contributed by atoms with Gasteiger partial charge >= 0.3 is 6.03 Å². The molecule has 0 radical (unpaired) electrons. The van der Waals surface area contributed by atoms with Crippen LogP contribution in [0.2, 0.25) is 0 Å². The van der Waals surface area contributed by atoms with Crippen molar-refractivity contribution in [3.8, 4) is 0 Å². The number of methoxy groups -OCH3 is 1. The summed E-state index contributed by atoms with van der Waals surface area (Å²) >= 11 is 1.40. The summed E-state index contributed by atoms with van der Waals surface area (Å²) in [5, 5.41) is 8.38. The Labute approximate surface area is 145 Å². The molecule has 24 heavy (non-hydrogen) atoms. The second-order valence-corrected chi connectivity index (χ2v) is 6.76. The first-order valence-electron chi connectivity index (χ1n) is 7.93. The molecule has 0 aliphatic carbocycles. The molecular weight excluding hydrogens is 324 g/mol. The summed E-state index contributed by atoms with van der Waals surface area (Å²) in [7, 11) is 3.72. The first-order chi connectivity index (χ1) is 11.7. The van der Waals surface area contributed by atoms with Crippen LogP contribution in [0.25, 0.3) is 0 Å². The SMILES string of the molecule is COCc1csc(NC(=O)NC2CCN(C)C2c2ccccc2)n1. The van der Waals surface area contributed by atoms with Crippen molar-refractivity contribution in [2.45, 2.75) is 25.1 Å². The molecule has 2 N–H and O–H groups in total. The second-order valence-electron chi connectivity index (χ2n) is 5.91. The van der Waals surface area contributed by atoms with Crippen molar-refractivity contribution in [2.75, 3.05) is 26.0 Å². The van der Waals surface area contributed by atoms with Crippen LogP contribution in [0.4, 0.5) is 9.93 Å². The van der Waals surface area contributed by atoms with Crippen LogP contribution in [0, 0.1) is 0 Å². The van der Waals surface area contributed by atoms with Crippen molar-refractivity contribution in [1.82, 2.24) is 15.2 Å². The third kappa shape index (κ3) is 3.92. The highest BCUT2D eigenvalue weighted by Gasteiger charge is 2.33. The van der Waals surface area contributed by atoms with Gasteiger partial charge in [0.15, 0.2) is 5.13 Å². The standard InChI is InChI=1S/C17H22N4O2S/c1-21-9-8-14(15(21)12-6-4-3-5-7-12)19-16(22)20-17-18-13(10-23-2)11-24-17/h3-7,11,14-15H,8-10H2,1-2H3,(H2,18,19,20,22). The summed E-state index contributed by atoms with van der Waals surface area (Å²) in [6.45, 7) is 1.41. The molecule has 3 rings (SSSR count). The van der Waals surface area contributed by atoms with Crippen molar-refractivity contribution in [3.05, 3.63) is 47.0 Å². The van der Waals surface area contributed by atoms with E-state index in [1.165, 1.54) is 16.9 Å². The van der Waals surface area contributed by atoms with E-state index in [0.29, 0.717) is 11.7 Å². The summed E-state index contributed by atoms with van der Waals surface area (Å²) in [6, 6.07) is 10.3. The Morgan fingerprint density at radius 1 is 1.42 bits per heavy atom. The lowest BCUT2D eigenvalue weighted by Gasteiger charge is -2.26. The number of nitrogens with zero attached hydrogens (tertiary/aromatic N) is 2. The highest BCUT2D eigenvalue weighted by molar-refractivity contribution is 7.13. The van der Waals surface area contributed by atoms with Crippen LogP contribution >= 0.6 is 11.3 Å². The molecule has 0 saturated carbocycles. The fraction of sp³-hybridized carbons (Fsp3) is 0.412. The first kappa shape index (κ1) is 16.9. The van der Waals surface area contributed by atoms with Gasteiger partial charge in [-0.1, -0.05) is 30.3 Å². The van der Waals surface area contributed by atoms with Gasteiger partial charge in [0.05, 0.1) is 24.4 Å². The number of urea groups is 1. The van der Waals surface area contributed by atoms with Gasteiger partial charge < -0.3 is 10.1 Å². The van der Waals surface area contributed by atoms with Gasteiger partial charge in [-0.25, -0.2) is 9.78 Å². The van der Waals surface area contributed by atoms with Crippen LogP contribution < -0.4 is 10.6 Å². The summed E-state index contributed by atoms with van der Waals surface area (Å²) in [6.07, 6.45) is 0.927. The lowest BCUT2D eigenvalue weighted by molar-refractivity contribution is 0.182. The molecule has 6 nitrogen and oxygen atoms in total. The van der Waals surface area contributed by atoms with Crippen LogP contribution in [-0.4, -0.2) is 42.7 Å². The van der Waals surface area contributed by atoms with E-state index in [1.807, 2.05) is 23.6 Å². The molecule has 1 fully saturated rings. The van der Waals surface area contributed by atoms with E-state index in [2.05, 4.69) is 39.7 Å². The Morgan fingerprint density at radius 3 is 2.96 bits per heavy atom. The normalized spacial score (nSPS) is 20.9. The van der Waals surface area contributed by atoms with Gasteiger partial charge in [-0.2, -0.15) is 0 Å². The molecule has 0 bridgehead atoms. The van der Waals surface area contributed by atoms with Crippen molar-refractivity contribution >= 4 is 22.5 Å². The molecule has 2 amide bonds. The minimum Gasteiger partial charge on any atom is -0.378 e. The fourth-order valence-corrected chi connectivity index (χ4v) is 3.81. The van der Waals surface area contributed by atoms with Crippen LogP contribution in [0.15, 0.2) is 35.7 Å². The molecule has 2 unspecified atom stereocenters. The molecule has 7 heteroatoms. The molecular formula is C17H22N4O2S. The second kappa shape index (κ2) is 7.74. The van der Waals surface area contributed by atoms with Crippen molar-refractivity contribution in [3.63, 3.8) is 0 Å². The van der Waals surface area contributed by atoms with Crippen molar-refractivity contribution in [1.29, 1.82) is 0 Å². The van der Waals surface area contributed by atoms with Gasteiger partial charge in [-0.05, 0) is 19.0 Å². The van der Waals surface area contributed by atoms with Gasteiger partial charge in [-0.3, -0.25) is 10.2 Å². The predicted molar refractivity (Wildman–Crippen MR) is 95.2 cm³/mol. The van der Waals surface area contributed by atoms with Crippen molar-refractivity contribution < 1.29 is 9.53 Å². The van der Waals surface area contributed by atoms with Gasteiger partial charge in [-0.15, -0.1) is 11.3 Å². The molecule has 1 aliphatic rings. The molecule has 0 spiro atoms. The number of rotatable bonds is 5. The maximum atomic E-state index is 12.3. The van der Waals surface area contributed by atoms with Crippen LogP contribution in [-0.2, 0) is 11.3 Å². The van der Waals surface area contributed by atoms with E-state index in [1.54, 1.807) is 7.11 Å². The van der Waals surface area contributed by atoms with Crippen LogP contribution in [0.5, 0.6) is 0 Å². The maximum absolute atomic E-state index is 12.3. The first-order valence-corrected chi connectivity index (χ1v) is 8.81. The lowest BCUT2D eigenvalue weighted by Crippen LogP contribution is -2.41. The fourth-order valence-electron chi connectivity index (χ4n) is 3.12. The van der Waals surface area contributed by atoms with E-state index in [0.717, 1.165) is 18.7 Å². The highest BCUT2D eigenvalue weighted by atomic mass is 32.1. The van der Waals surface area contributed by atoms with Crippen molar-refractivity contribution in [2.24, 2.45) is 0 Å². The number of thiazole rings is 1. The number of anilines is 1. The Bertz CT molecular complexity index is 676. The van der Waals surface area contributed by atoms with Gasteiger partial charge in [0, 0.05) is 19.0 Å².